The number of hydrogen-bond donors (Lipinski definition) is 1. The number of alkyl halides is 3. The maximum Gasteiger partial charge on any atom is 0.416 e. The van der Waals surface area contributed by atoms with Crippen LogP contribution in [0.1, 0.15) is 44.7 Å². The Labute approximate surface area is 156 Å². The van der Waals surface area contributed by atoms with Crippen molar-refractivity contribution in [2.45, 2.75) is 50.1 Å². The Bertz CT molecular complexity index is 912. The molecule has 1 saturated carbocycles. The standard InChI is InChI=1S/C18H22F3N3O2S/c1-17(2,3)15-8-13(18(19,20)21)6-7-16(15)27(25,26)24(11-12-4-5-12)14-9-22-23-10-14/h6-10,12H,4-5,11H2,1-3H3,(H,22,23). The molecule has 1 fully saturated rings. The first-order chi connectivity index (χ1) is 12.4. The van der Waals surface area contributed by atoms with Gasteiger partial charge >= 0.3 is 6.18 Å². The topological polar surface area (TPSA) is 66.1 Å². The van der Waals surface area contributed by atoms with E-state index in [9.17, 15) is 21.6 Å². The normalized spacial score (nSPS) is 15.8. The second-order valence-electron chi connectivity index (χ2n) is 7.89. The van der Waals surface area contributed by atoms with Crippen LogP contribution in [0.5, 0.6) is 0 Å². The molecule has 0 bridgehead atoms. The van der Waals surface area contributed by atoms with Gasteiger partial charge in [-0.25, -0.2) is 8.42 Å². The first-order valence-electron chi connectivity index (χ1n) is 8.64. The molecule has 1 heterocycles. The fourth-order valence-electron chi connectivity index (χ4n) is 2.89. The predicted octanol–water partition coefficient (Wildman–Crippen LogP) is 4.33. The molecule has 0 amide bonds. The van der Waals surface area contributed by atoms with Crippen LogP contribution in [0.2, 0.25) is 0 Å². The van der Waals surface area contributed by atoms with Crippen molar-refractivity contribution in [1.82, 2.24) is 10.2 Å². The zero-order chi connectivity index (χ0) is 20.0. The van der Waals surface area contributed by atoms with Gasteiger partial charge in [-0.1, -0.05) is 20.8 Å². The van der Waals surface area contributed by atoms with E-state index in [2.05, 4.69) is 10.2 Å². The number of anilines is 1. The molecule has 0 atom stereocenters. The number of hydrogen-bond acceptors (Lipinski definition) is 3. The van der Waals surface area contributed by atoms with Gasteiger partial charge in [0.1, 0.15) is 0 Å². The summed E-state index contributed by atoms with van der Waals surface area (Å²) in [6, 6.07) is 2.84. The molecule has 2 aromatic rings. The Kier molecular flexibility index (Phi) is 4.78. The van der Waals surface area contributed by atoms with Crippen molar-refractivity contribution in [3.63, 3.8) is 0 Å². The highest BCUT2D eigenvalue weighted by molar-refractivity contribution is 7.92. The molecule has 0 spiro atoms. The second kappa shape index (κ2) is 6.54. The van der Waals surface area contributed by atoms with E-state index in [0.29, 0.717) is 5.69 Å². The molecule has 148 valence electrons. The molecular weight excluding hydrogens is 379 g/mol. The molecule has 5 nitrogen and oxygen atoms in total. The van der Waals surface area contributed by atoms with Crippen LogP contribution in [-0.2, 0) is 21.6 Å². The fourth-order valence-corrected chi connectivity index (χ4v) is 4.80. The van der Waals surface area contributed by atoms with Crippen molar-refractivity contribution in [3.05, 3.63) is 41.7 Å². The lowest BCUT2D eigenvalue weighted by Gasteiger charge is -2.28. The van der Waals surface area contributed by atoms with E-state index < -0.39 is 27.2 Å². The van der Waals surface area contributed by atoms with Gasteiger partial charge in [-0.15, -0.1) is 0 Å². The summed E-state index contributed by atoms with van der Waals surface area (Å²) in [7, 11) is -4.05. The third-order valence-corrected chi connectivity index (χ3v) is 6.43. The van der Waals surface area contributed by atoms with Gasteiger partial charge in [-0.05, 0) is 47.9 Å². The van der Waals surface area contributed by atoms with Gasteiger partial charge in [-0.3, -0.25) is 9.40 Å². The van der Waals surface area contributed by atoms with Crippen LogP contribution in [0.4, 0.5) is 18.9 Å². The van der Waals surface area contributed by atoms with Crippen molar-refractivity contribution in [3.8, 4) is 0 Å². The van der Waals surface area contributed by atoms with E-state index in [4.69, 9.17) is 0 Å². The Balaban J connectivity index is 2.14. The molecule has 1 aromatic carbocycles. The summed E-state index contributed by atoms with van der Waals surface area (Å²) in [4.78, 5) is -0.107. The van der Waals surface area contributed by atoms with E-state index in [1.54, 1.807) is 20.8 Å². The van der Waals surface area contributed by atoms with Crippen molar-refractivity contribution < 1.29 is 21.6 Å². The summed E-state index contributed by atoms with van der Waals surface area (Å²) in [5.41, 5.74) is -1.13. The molecule has 0 saturated heterocycles. The highest BCUT2D eigenvalue weighted by Crippen LogP contribution is 2.39. The second-order valence-corrected chi connectivity index (χ2v) is 9.73. The van der Waals surface area contributed by atoms with E-state index in [1.807, 2.05) is 0 Å². The number of nitrogens with zero attached hydrogens (tertiary/aromatic N) is 2. The van der Waals surface area contributed by atoms with E-state index in [-0.39, 0.29) is 22.9 Å². The zero-order valence-electron chi connectivity index (χ0n) is 15.3. The van der Waals surface area contributed by atoms with Crippen molar-refractivity contribution in [1.29, 1.82) is 0 Å². The van der Waals surface area contributed by atoms with E-state index in [0.717, 1.165) is 31.0 Å². The Morgan fingerprint density at radius 3 is 2.37 bits per heavy atom. The van der Waals surface area contributed by atoms with E-state index in [1.165, 1.54) is 16.7 Å². The maximum absolute atomic E-state index is 13.4. The smallest absolute Gasteiger partial charge is 0.284 e. The Hall–Kier alpha value is -2.03. The molecule has 1 aliphatic rings. The zero-order valence-corrected chi connectivity index (χ0v) is 16.2. The van der Waals surface area contributed by atoms with Crippen LogP contribution in [0, 0.1) is 5.92 Å². The SMILES string of the molecule is CC(C)(C)c1cc(C(F)(F)F)ccc1S(=O)(=O)N(CC1CC1)c1cn[nH]c1. The number of rotatable bonds is 5. The van der Waals surface area contributed by atoms with Crippen molar-refractivity contribution in [2.24, 2.45) is 5.92 Å². The molecule has 27 heavy (non-hydrogen) atoms. The molecular formula is C18H22F3N3O2S. The number of aromatic nitrogens is 2. The molecule has 0 aliphatic heterocycles. The van der Waals surface area contributed by atoms with Gasteiger partial charge in [-0.2, -0.15) is 18.3 Å². The van der Waals surface area contributed by atoms with Crippen molar-refractivity contribution >= 4 is 15.7 Å². The highest BCUT2D eigenvalue weighted by atomic mass is 32.2. The number of benzene rings is 1. The van der Waals surface area contributed by atoms with E-state index >= 15 is 0 Å². The number of halogens is 3. The van der Waals surface area contributed by atoms with Crippen LogP contribution in [0.15, 0.2) is 35.5 Å². The Morgan fingerprint density at radius 1 is 1.22 bits per heavy atom. The van der Waals surface area contributed by atoms with Crippen molar-refractivity contribution in [2.75, 3.05) is 10.8 Å². The summed E-state index contributed by atoms with van der Waals surface area (Å²) in [5, 5.41) is 6.41. The minimum atomic E-state index is -4.54. The molecule has 1 aliphatic carbocycles. The van der Waals surface area contributed by atoms with Crippen LogP contribution in [0.3, 0.4) is 0 Å². The molecule has 3 rings (SSSR count). The van der Waals surface area contributed by atoms with Crippen LogP contribution >= 0.6 is 0 Å². The van der Waals surface area contributed by atoms with Gasteiger partial charge in [0.25, 0.3) is 10.0 Å². The first kappa shape index (κ1) is 19.7. The lowest BCUT2D eigenvalue weighted by atomic mass is 9.86. The Morgan fingerprint density at radius 2 is 1.89 bits per heavy atom. The van der Waals surface area contributed by atoms with Gasteiger partial charge < -0.3 is 0 Å². The molecule has 0 radical (unpaired) electrons. The van der Waals surface area contributed by atoms with Gasteiger partial charge in [0.05, 0.1) is 22.3 Å². The third kappa shape index (κ3) is 4.12. The van der Waals surface area contributed by atoms with Crippen LogP contribution < -0.4 is 4.31 Å². The van der Waals surface area contributed by atoms with Gasteiger partial charge in [0, 0.05) is 12.7 Å². The molecule has 9 heteroatoms. The number of H-pyrrole nitrogens is 1. The summed E-state index contributed by atoms with van der Waals surface area (Å²) in [5.74, 6) is 0.252. The van der Waals surface area contributed by atoms with Gasteiger partial charge in [0.15, 0.2) is 0 Å². The highest BCUT2D eigenvalue weighted by Gasteiger charge is 2.38. The average molecular weight is 401 g/mol. The number of sulfonamides is 1. The minimum absolute atomic E-state index is 0.107. The predicted molar refractivity (Wildman–Crippen MR) is 96.0 cm³/mol. The lowest BCUT2D eigenvalue weighted by molar-refractivity contribution is -0.137. The third-order valence-electron chi connectivity index (χ3n) is 4.58. The largest absolute Gasteiger partial charge is 0.416 e. The summed E-state index contributed by atoms with van der Waals surface area (Å²) >= 11 is 0. The summed E-state index contributed by atoms with van der Waals surface area (Å²) in [6.07, 6.45) is 0.203. The number of aromatic amines is 1. The van der Waals surface area contributed by atoms with Crippen LogP contribution in [0.25, 0.3) is 0 Å². The summed E-state index contributed by atoms with van der Waals surface area (Å²) < 4.78 is 67.6. The van der Waals surface area contributed by atoms with Crippen LogP contribution in [-0.4, -0.2) is 25.2 Å². The maximum atomic E-state index is 13.4. The number of nitrogens with one attached hydrogen (secondary N) is 1. The fraction of sp³-hybridized carbons (Fsp3) is 0.500. The quantitative estimate of drug-likeness (QED) is 0.811. The molecule has 0 unspecified atom stereocenters. The molecule has 1 aromatic heterocycles. The summed E-state index contributed by atoms with van der Waals surface area (Å²) in [6.45, 7) is 5.38. The molecule has 1 N–H and O–H groups in total. The average Bonchev–Trinajstić information content (AvgIpc) is 3.22. The first-order valence-corrected chi connectivity index (χ1v) is 10.1. The monoisotopic (exact) mass is 401 g/mol. The lowest BCUT2D eigenvalue weighted by Crippen LogP contribution is -2.34. The van der Waals surface area contributed by atoms with Gasteiger partial charge in [0.2, 0.25) is 0 Å². The minimum Gasteiger partial charge on any atom is -0.284 e.